The van der Waals surface area contributed by atoms with Crippen molar-refractivity contribution in [2.45, 2.75) is 32.1 Å². The van der Waals surface area contributed by atoms with Crippen LogP contribution in [0.1, 0.15) is 32.1 Å². The van der Waals surface area contributed by atoms with E-state index in [0.717, 1.165) is 36.7 Å². The van der Waals surface area contributed by atoms with E-state index in [1.807, 2.05) is 23.8 Å². The molecule has 0 radical (unpaired) electrons. The molecule has 114 valence electrons. The van der Waals surface area contributed by atoms with Crippen LogP contribution in [0.15, 0.2) is 18.6 Å². The van der Waals surface area contributed by atoms with Crippen molar-refractivity contribution in [1.29, 1.82) is 0 Å². The lowest BCUT2D eigenvalue weighted by atomic mass is 9.74. The minimum atomic E-state index is -0.0147. The molecule has 0 atom stereocenters. The highest BCUT2D eigenvalue weighted by Gasteiger charge is 2.31. The Hall–Kier alpha value is -1.82. The number of nitrogens with one attached hydrogen (secondary N) is 2. The minimum Gasteiger partial charge on any atom is -0.396 e. The molecule has 0 unspecified atom stereocenters. The van der Waals surface area contributed by atoms with E-state index in [1.165, 1.54) is 19.3 Å². The Kier molecular flexibility index (Phi) is 3.96. The number of fused-ring (bicyclic) bond motifs is 1. The average molecular weight is 289 g/mol. The van der Waals surface area contributed by atoms with Crippen LogP contribution in [-0.4, -0.2) is 39.7 Å². The highest BCUT2D eigenvalue weighted by Crippen LogP contribution is 2.36. The van der Waals surface area contributed by atoms with E-state index in [9.17, 15) is 5.11 Å². The summed E-state index contributed by atoms with van der Waals surface area (Å²) in [7, 11) is 1.85. The summed E-state index contributed by atoms with van der Waals surface area (Å²) in [6, 6.07) is 0. The Morgan fingerprint density at radius 3 is 2.86 bits per heavy atom. The van der Waals surface area contributed by atoms with E-state index < -0.39 is 0 Å². The second-order valence-electron chi connectivity index (χ2n) is 5.96. The fourth-order valence-corrected chi connectivity index (χ4v) is 3.13. The number of aliphatic hydroxyl groups excluding tert-OH is 1. The van der Waals surface area contributed by atoms with Gasteiger partial charge in [0.15, 0.2) is 11.5 Å². The lowest BCUT2D eigenvalue weighted by molar-refractivity contribution is 0.0943. The van der Waals surface area contributed by atoms with Gasteiger partial charge < -0.3 is 20.1 Å². The van der Waals surface area contributed by atoms with Crippen LogP contribution in [0.3, 0.4) is 0 Å². The zero-order valence-corrected chi connectivity index (χ0v) is 12.5. The number of rotatable bonds is 5. The first-order valence-corrected chi connectivity index (χ1v) is 7.63. The predicted molar refractivity (Wildman–Crippen MR) is 83.6 cm³/mol. The van der Waals surface area contributed by atoms with Crippen molar-refractivity contribution in [2.24, 2.45) is 5.41 Å². The van der Waals surface area contributed by atoms with Crippen molar-refractivity contribution in [3.63, 3.8) is 0 Å². The van der Waals surface area contributed by atoms with E-state index >= 15 is 0 Å². The van der Waals surface area contributed by atoms with Gasteiger partial charge in [0.25, 0.3) is 0 Å². The summed E-state index contributed by atoms with van der Waals surface area (Å²) >= 11 is 0. The maximum Gasteiger partial charge on any atom is 0.180 e. The van der Waals surface area contributed by atoms with Gasteiger partial charge in [-0.15, -0.1) is 0 Å². The number of aliphatic hydroxyl groups is 1. The Morgan fingerprint density at radius 1 is 1.33 bits per heavy atom. The monoisotopic (exact) mass is 289 g/mol. The standard InChI is InChI=1S/C15H23N5O/c1-16-12-9-20-8-7-17-14(20)13(19-12)18-10-15(11-21)5-3-2-4-6-15/h7-9,16,21H,2-6,10-11H2,1H3,(H,18,19). The third-order valence-electron chi connectivity index (χ3n) is 4.51. The summed E-state index contributed by atoms with van der Waals surface area (Å²) in [4.78, 5) is 8.91. The van der Waals surface area contributed by atoms with Gasteiger partial charge in [0.05, 0.1) is 12.8 Å². The number of nitrogens with zero attached hydrogens (tertiary/aromatic N) is 3. The fourth-order valence-electron chi connectivity index (χ4n) is 3.13. The Bertz CT molecular complexity index is 603. The Morgan fingerprint density at radius 2 is 2.14 bits per heavy atom. The highest BCUT2D eigenvalue weighted by molar-refractivity contribution is 5.65. The molecule has 0 aromatic carbocycles. The summed E-state index contributed by atoms with van der Waals surface area (Å²) in [5, 5.41) is 16.3. The number of hydrogen-bond acceptors (Lipinski definition) is 5. The van der Waals surface area contributed by atoms with E-state index in [0.29, 0.717) is 0 Å². The first-order valence-electron chi connectivity index (χ1n) is 7.63. The van der Waals surface area contributed by atoms with Crippen LogP contribution in [-0.2, 0) is 0 Å². The molecule has 2 aromatic rings. The average Bonchev–Trinajstić information content (AvgIpc) is 3.02. The van der Waals surface area contributed by atoms with Crippen LogP contribution in [0.2, 0.25) is 0 Å². The molecule has 0 bridgehead atoms. The molecule has 6 nitrogen and oxygen atoms in total. The van der Waals surface area contributed by atoms with Gasteiger partial charge in [-0.2, -0.15) is 0 Å². The number of hydrogen-bond donors (Lipinski definition) is 3. The van der Waals surface area contributed by atoms with E-state index in [1.54, 1.807) is 6.20 Å². The predicted octanol–water partition coefficient (Wildman–Crippen LogP) is 2.13. The smallest absolute Gasteiger partial charge is 0.180 e. The normalized spacial score (nSPS) is 17.8. The van der Waals surface area contributed by atoms with Crippen molar-refractivity contribution in [3.05, 3.63) is 18.6 Å². The van der Waals surface area contributed by atoms with Gasteiger partial charge in [0.2, 0.25) is 0 Å². The molecule has 1 aliphatic rings. The summed E-state index contributed by atoms with van der Waals surface area (Å²) in [6.45, 7) is 0.975. The van der Waals surface area contributed by atoms with Crippen molar-refractivity contribution >= 4 is 17.3 Å². The summed E-state index contributed by atoms with van der Waals surface area (Å²) in [5.41, 5.74) is 0.803. The molecule has 1 fully saturated rings. The molecule has 3 rings (SSSR count). The zero-order chi connectivity index (χ0) is 14.7. The van der Waals surface area contributed by atoms with Gasteiger partial charge in [0.1, 0.15) is 5.82 Å². The third-order valence-corrected chi connectivity index (χ3v) is 4.51. The lowest BCUT2D eigenvalue weighted by Gasteiger charge is -2.35. The molecule has 2 aromatic heterocycles. The topological polar surface area (TPSA) is 74.5 Å². The van der Waals surface area contributed by atoms with Crippen LogP contribution in [0.4, 0.5) is 11.6 Å². The number of aromatic nitrogens is 3. The molecule has 0 saturated heterocycles. The van der Waals surface area contributed by atoms with Crippen molar-refractivity contribution in [3.8, 4) is 0 Å². The Labute approximate surface area is 124 Å². The quantitative estimate of drug-likeness (QED) is 0.786. The number of imidazole rings is 1. The van der Waals surface area contributed by atoms with Crippen LogP contribution in [0, 0.1) is 5.41 Å². The molecule has 0 aliphatic heterocycles. The second-order valence-corrected chi connectivity index (χ2v) is 5.96. The van der Waals surface area contributed by atoms with Gasteiger partial charge in [-0.25, -0.2) is 9.97 Å². The van der Waals surface area contributed by atoms with E-state index in [4.69, 9.17) is 0 Å². The van der Waals surface area contributed by atoms with Crippen LogP contribution in [0.25, 0.3) is 5.65 Å². The van der Waals surface area contributed by atoms with E-state index in [2.05, 4.69) is 20.6 Å². The van der Waals surface area contributed by atoms with Gasteiger partial charge in [-0.3, -0.25) is 0 Å². The summed E-state index contributed by atoms with van der Waals surface area (Å²) in [6.07, 6.45) is 11.4. The highest BCUT2D eigenvalue weighted by atomic mass is 16.3. The maximum atomic E-state index is 9.80. The molecular formula is C15H23N5O. The third kappa shape index (κ3) is 2.81. The molecule has 0 amide bonds. The van der Waals surface area contributed by atoms with Crippen molar-refractivity contribution < 1.29 is 5.11 Å². The first kappa shape index (κ1) is 14.1. The summed E-state index contributed by atoms with van der Waals surface area (Å²) in [5.74, 6) is 1.56. The molecule has 1 saturated carbocycles. The van der Waals surface area contributed by atoms with Gasteiger partial charge >= 0.3 is 0 Å². The molecule has 6 heteroatoms. The van der Waals surface area contributed by atoms with Gasteiger partial charge in [0, 0.05) is 31.4 Å². The van der Waals surface area contributed by atoms with Crippen LogP contribution in [0.5, 0.6) is 0 Å². The van der Waals surface area contributed by atoms with Crippen molar-refractivity contribution in [2.75, 3.05) is 30.8 Å². The zero-order valence-electron chi connectivity index (χ0n) is 12.5. The largest absolute Gasteiger partial charge is 0.396 e. The lowest BCUT2D eigenvalue weighted by Crippen LogP contribution is -2.35. The second kappa shape index (κ2) is 5.89. The molecule has 2 heterocycles. The first-order chi connectivity index (χ1) is 10.3. The SMILES string of the molecule is CNc1cn2ccnc2c(NCC2(CO)CCCCC2)n1. The van der Waals surface area contributed by atoms with E-state index in [-0.39, 0.29) is 12.0 Å². The molecule has 0 spiro atoms. The number of anilines is 2. The van der Waals surface area contributed by atoms with Crippen LogP contribution >= 0.6 is 0 Å². The molecule has 21 heavy (non-hydrogen) atoms. The van der Waals surface area contributed by atoms with Gasteiger partial charge in [-0.05, 0) is 12.8 Å². The minimum absolute atomic E-state index is 0.0147. The molecular weight excluding hydrogens is 266 g/mol. The molecule has 3 N–H and O–H groups in total. The van der Waals surface area contributed by atoms with Crippen molar-refractivity contribution in [1.82, 2.24) is 14.4 Å². The Balaban J connectivity index is 1.82. The van der Waals surface area contributed by atoms with Gasteiger partial charge in [-0.1, -0.05) is 19.3 Å². The maximum absolute atomic E-state index is 9.80. The molecule has 1 aliphatic carbocycles. The van der Waals surface area contributed by atoms with Crippen LogP contribution < -0.4 is 10.6 Å². The summed E-state index contributed by atoms with van der Waals surface area (Å²) < 4.78 is 1.95. The fraction of sp³-hybridized carbons (Fsp3) is 0.600.